The zero-order valence-electron chi connectivity index (χ0n) is 13.3. The summed E-state index contributed by atoms with van der Waals surface area (Å²) >= 11 is 1.23. The van der Waals surface area contributed by atoms with Gasteiger partial charge in [0.05, 0.1) is 11.9 Å². The van der Waals surface area contributed by atoms with Gasteiger partial charge in [-0.2, -0.15) is 0 Å². The Labute approximate surface area is 145 Å². The average Bonchev–Trinajstić information content (AvgIpc) is 2.99. The van der Waals surface area contributed by atoms with Gasteiger partial charge < -0.3 is 5.32 Å². The Balaban J connectivity index is 1.71. The molecular weight excluding hydrogens is 342 g/mol. The van der Waals surface area contributed by atoms with Gasteiger partial charge in [-0.05, 0) is 50.2 Å². The number of hydrogen-bond donors (Lipinski definition) is 2. The lowest BCUT2D eigenvalue weighted by Gasteiger charge is -2.08. The van der Waals surface area contributed by atoms with Crippen LogP contribution in [0.5, 0.6) is 0 Å². The topological polar surface area (TPSA) is 71.1 Å². The first-order valence-electron chi connectivity index (χ1n) is 7.31. The second-order valence-electron chi connectivity index (χ2n) is 5.39. The average molecular weight is 359 g/mol. The molecule has 0 amide bonds. The molecule has 0 fully saturated rings. The third kappa shape index (κ3) is 3.93. The first-order chi connectivity index (χ1) is 11.4. The van der Waals surface area contributed by atoms with Gasteiger partial charge in [-0.3, -0.25) is 4.72 Å². The third-order valence-corrected chi connectivity index (χ3v) is 6.17. The molecule has 1 aromatic carbocycles. The number of thiophene rings is 1. The van der Waals surface area contributed by atoms with Crippen LogP contribution in [0.1, 0.15) is 10.4 Å². The van der Waals surface area contributed by atoms with Crippen LogP contribution in [0.4, 0.5) is 17.2 Å². The number of nitrogens with zero attached hydrogens (tertiary/aromatic N) is 1. The van der Waals surface area contributed by atoms with E-state index in [-0.39, 0.29) is 10.0 Å². The number of hydrogen-bond acceptors (Lipinski definition) is 5. The molecule has 0 radical (unpaired) electrons. The maximum Gasteiger partial charge on any atom is 0.272 e. The molecule has 7 heteroatoms. The second kappa shape index (κ2) is 6.62. The molecule has 0 saturated carbocycles. The quantitative estimate of drug-likeness (QED) is 0.712. The van der Waals surface area contributed by atoms with Crippen LogP contribution in [-0.2, 0) is 10.0 Å². The molecule has 0 aliphatic carbocycles. The van der Waals surface area contributed by atoms with E-state index in [1.165, 1.54) is 16.9 Å². The normalized spacial score (nSPS) is 11.2. The largest absolute Gasteiger partial charge is 0.354 e. The minimum atomic E-state index is -3.58. The number of rotatable bonds is 5. The van der Waals surface area contributed by atoms with Crippen LogP contribution in [0.3, 0.4) is 0 Å². The molecule has 0 aliphatic rings. The molecule has 0 aliphatic heterocycles. The Morgan fingerprint density at radius 1 is 0.917 bits per heavy atom. The molecule has 24 heavy (non-hydrogen) atoms. The third-order valence-electron chi connectivity index (χ3n) is 3.32. The van der Waals surface area contributed by atoms with Gasteiger partial charge in [0, 0.05) is 10.6 Å². The molecular formula is C17H17N3O2S2. The molecule has 0 saturated heterocycles. The summed E-state index contributed by atoms with van der Waals surface area (Å²) in [6.45, 7) is 3.90. The van der Waals surface area contributed by atoms with E-state index in [9.17, 15) is 8.42 Å². The van der Waals surface area contributed by atoms with Crippen LogP contribution in [0.15, 0.2) is 58.9 Å². The smallest absolute Gasteiger partial charge is 0.272 e. The number of benzene rings is 1. The van der Waals surface area contributed by atoms with Crippen LogP contribution in [0, 0.1) is 13.8 Å². The number of pyridine rings is 1. The van der Waals surface area contributed by atoms with Gasteiger partial charge in [-0.15, -0.1) is 11.3 Å². The fourth-order valence-corrected chi connectivity index (χ4v) is 4.37. The summed E-state index contributed by atoms with van der Waals surface area (Å²) in [4.78, 5) is 5.11. The lowest BCUT2D eigenvalue weighted by Crippen LogP contribution is -2.12. The van der Waals surface area contributed by atoms with Crippen molar-refractivity contribution in [2.24, 2.45) is 0 Å². The fourth-order valence-electron chi connectivity index (χ4n) is 2.08. The van der Waals surface area contributed by atoms with Gasteiger partial charge in [0.2, 0.25) is 0 Å². The molecule has 3 rings (SSSR count). The highest BCUT2D eigenvalue weighted by atomic mass is 32.2. The monoisotopic (exact) mass is 359 g/mol. The van der Waals surface area contributed by atoms with E-state index in [2.05, 4.69) is 15.0 Å². The van der Waals surface area contributed by atoms with Crippen molar-refractivity contribution in [2.75, 3.05) is 10.0 Å². The van der Waals surface area contributed by atoms with Crippen LogP contribution in [-0.4, -0.2) is 13.4 Å². The van der Waals surface area contributed by atoms with Gasteiger partial charge in [0.1, 0.15) is 10.0 Å². The van der Waals surface area contributed by atoms with Crippen LogP contribution < -0.4 is 10.0 Å². The van der Waals surface area contributed by atoms with Crippen molar-refractivity contribution in [3.63, 3.8) is 0 Å². The lowest BCUT2D eigenvalue weighted by atomic mass is 10.2. The summed E-state index contributed by atoms with van der Waals surface area (Å²) in [6.07, 6.45) is 1.59. The van der Waals surface area contributed by atoms with E-state index < -0.39 is 10.0 Å². The van der Waals surface area contributed by atoms with Gasteiger partial charge in [0.25, 0.3) is 10.0 Å². The Hall–Kier alpha value is -2.38. The predicted octanol–water partition coefficient (Wildman–Crippen LogP) is 4.30. The molecule has 0 spiro atoms. The summed E-state index contributed by atoms with van der Waals surface area (Å²) in [7, 11) is -3.58. The molecule has 0 bridgehead atoms. The van der Waals surface area contributed by atoms with Crippen molar-refractivity contribution in [2.45, 2.75) is 18.1 Å². The van der Waals surface area contributed by atoms with Crippen molar-refractivity contribution in [3.8, 4) is 0 Å². The number of nitrogens with one attached hydrogen (secondary N) is 2. The Morgan fingerprint density at radius 3 is 2.21 bits per heavy atom. The van der Waals surface area contributed by atoms with Gasteiger partial charge in [-0.25, -0.2) is 13.4 Å². The molecule has 2 aromatic heterocycles. The standard InChI is InChI=1S/C17H17N3O2S2/c1-12-3-6-14(7-4-12)19-15-8-9-16(18-11-15)20-24(21,22)17-10-5-13(2)23-17/h3-11,19H,1-2H3,(H,18,20). The molecule has 0 atom stereocenters. The molecule has 2 N–H and O–H groups in total. The second-order valence-corrected chi connectivity index (χ2v) is 8.59. The Morgan fingerprint density at radius 2 is 1.62 bits per heavy atom. The van der Waals surface area contributed by atoms with E-state index in [0.717, 1.165) is 16.3 Å². The SMILES string of the molecule is Cc1ccc(Nc2ccc(NS(=O)(=O)c3ccc(C)s3)nc2)cc1. The van der Waals surface area contributed by atoms with Gasteiger partial charge in [-0.1, -0.05) is 17.7 Å². The highest BCUT2D eigenvalue weighted by Gasteiger charge is 2.16. The summed E-state index contributed by atoms with van der Waals surface area (Å²) in [5.41, 5.74) is 2.92. The molecule has 2 heterocycles. The van der Waals surface area contributed by atoms with Crippen molar-refractivity contribution in [1.29, 1.82) is 0 Å². The number of anilines is 3. The van der Waals surface area contributed by atoms with Crippen molar-refractivity contribution >= 4 is 38.6 Å². The number of aryl methyl sites for hydroxylation is 2. The first kappa shape index (κ1) is 16.5. The highest BCUT2D eigenvalue weighted by molar-refractivity contribution is 7.94. The number of aromatic nitrogens is 1. The van der Waals surface area contributed by atoms with Gasteiger partial charge in [0.15, 0.2) is 0 Å². The van der Waals surface area contributed by atoms with E-state index >= 15 is 0 Å². The summed E-state index contributed by atoms with van der Waals surface area (Å²) < 4.78 is 27.3. The highest BCUT2D eigenvalue weighted by Crippen LogP contribution is 2.23. The van der Waals surface area contributed by atoms with Crippen molar-refractivity contribution in [3.05, 3.63) is 65.2 Å². The van der Waals surface area contributed by atoms with E-state index in [0.29, 0.717) is 0 Å². The Kier molecular flexibility index (Phi) is 4.55. The fraction of sp³-hybridized carbons (Fsp3) is 0.118. The van der Waals surface area contributed by atoms with Crippen LogP contribution >= 0.6 is 11.3 Å². The summed E-state index contributed by atoms with van der Waals surface area (Å²) in [6, 6.07) is 14.8. The zero-order chi connectivity index (χ0) is 17.2. The van der Waals surface area contributed by atoms with Crippen molar-refractivity contribution < 1.29 is 8.42 Å². The zero-order valence-corrected chi connectivity index (χ0v) is 14.9. The Bertz CT molecular complexity index is 931. The van der Waals surface area contributed by atoms with Crippen LogP contribution in [0.2, 0.25) is 0 Å². The minimum Gasteiger partial charge on any atom is -0.354 e. The molecule has 124 valence electrons. The van der Waals surface area contributed by atoms with E-state index in [1.54, 1.807) is 30.5 Å². The summed E-state index contributed by atoms with van der Waals surface area (Å²) in [5, 5.41) is 3.22. The lowest BCUT2D eigenvalue weighted by molar-refractivity contribution is 0.603. The van der Waals surface area contributed by atoms with E-state index in [1.807, 2.05) is 38.1 Å². The predicted molar refractivity (Wildman–Crippen MR) is 98.6 cm³/mol. The van der Waals surface area contributed by atoms with Gasteiger partial charge >= 0.3 is 0 Å². The minimum absolute atomic E-state index is 0.281. The first-order valence-corrected chi connectivity index (χ1v) is 9.61. The van der Waals surface area contributed by atoms with Crippen LogP contribution in [0.25, 0.3) is 0 Å². The molecule has 0 unspecified atom stereocenters. The summed E-state index contributed by atoms with van der Waals surface area (Å²) in [5.74, 6) is 0.288. The van der Waals surface area contributed by atoms with Crippen molar-refractivity contribution in [1.82, 2.24) is 4.98 Å². The molecule has 3 aromatic rings. The maximum atomic E-state index is 12.3. The maximum absolute atomic E-state index is 12.3. The molecule has 5 nitrogen and oxygen atoms in total. The number of sulfonamides is 1. The van der Waals surface area contributed by atoms with E-state index in [4.69, 9.17) is 0 Å².